The van der Waals surface area contributed by atoms with Crippen LogP contribution in [0.2, 0.25) is 0 Å². The lowest BCUT2D eigenvalue weighted by molar-refractivity contribution is -0.921. The predicted molar refractivity (Wildman–Crippen MR) is 128 cm³/mol. The molecular formula is C28H33N2O3+. The Kier molecular flexibility index (Phi) is 7.21. The lowest BCUT2D eigenvalue weighted by atomic mass is 9.86. The van der Waals surface area contributed by atoms with Crippen LogP contribution >= 0.6 is 0 Å². The number of pyridine rings is 1. The van der Waals surface area contributed by atoms with E-state index in [0.717, 1.165) is 48.9 Å². The van der Waals surface area contributed by atoms with E-state index in [4.69, 9.17) is 4.74 Å². The molecule has 33 heavy (non-hydrogen) atoms. The Morgan fingerprint density at radius 2 is 1.67 bits per heavy atom. The van der Waals surface area contributed by atoms with E-state index in [2.05, 4.69) is 18.1 Å². The number of rotatable bonds is 9. The van der Waals surface area contributed by atoms with Gasteiger partial charge in [0.15, 0.2) is 0 Å². The minimum Gasteiger partial charge on any atom is -0.457 e. The van der Waals surface area contributed by atoms with Crippen molar-refractivity contribution in [3.05, 3.63) is 102 Å². The van der Waals surface area contributed by atoms with Crippen LogP contribution < -0.4 is 0 Å². The number of hydrogen-bond acceptors (Lipinski definition) is 4. The largest absolute Gasteiger partial charge is 0.457 e. The van der Waals surface area contributed by atoms with Crippen molar-refractivity contribution in [3.63, 3.8) is 0 Å². The van der Waals surface area contributed by atoms with Crippen molar-refractivity contribution < 1.29 is 19.1 Å². The van der Waals surface area contributed by atoms with Crippen molar-refractivity contribution >= 4 is 5.97 Å². The summed E-state index contributed by atoms with van der Waals surface area (Å²) in [4.78, 5) is 17.8. The number of carbonyl (C=O) groups is 1. The van der Waals surface area contributed by atoms with Gasteiger partial charge < -0.3 is 14.3 Å². The van der Waals surface area contributed by atoms with Crippen molar-refractivity contribution in [2.45, 2.75) is 37.3 Å². The third kappa shape index (κ3) is 5.15. The zero-order valence-electron chi connectivity index (χ0n) is 19.3. The number of likely N-dealkylation sites (tertiary alicyclic amines) is 1. The van der Waals surface area contributed by atoms with Crippen LogP contribution in [0.5, 0.6) is 0 Å². The standard InChI is InChI=1S/C28H33N2O3/c1-30(20-10-17-25-16-8-9-19-29-25)21-11-18-26(30)22-33-27(31)28(32,23-12-4-2-5-13-23)24-14-6-3-7-15-24/h2-9,12-16,19,26,32H,10-11,17-18,20-22H2,1H3/q+1/t26?,30-/m0/s1. The summed E-state index contributed by atoms with van der Waals surface area (Å²) in [6.45, 7) is 2.40. The average molecular weight is 446 g/mol. The fourth-order valence-electron chi connectivity index (χ4n) is 4.94. The number of ether oxygens (including phenoxy) is 1. The number of aliphatic hydroxyl groups is 1. The second-order valence-electron chi connectivity index (χ2n) is 9.19. The summed E-state index contributed by atoms with van der Waals surface area (Å²) in [7, 11) is 2.25. The molecule has 5 nitrogen and oxygen atoms in total. The Morgan fingerprint density at radius 1 is 1.03 bits per heavy atom. The number of aromatic nitrogens is 1. The molecule has 4 rings (SSSR count). The topological polar surface area (TPSA) is 59.4 Å². The van der Waals surface area contributed by atoms with Gasteiger partial charge >= 0.3 is 5.97 Å². The lowest BCUT2D eigenvalue weighted by Crippen LogP contribution is -2.51. The summed E-state index contributed by atoms with van der Waals surface area (Å²) in [5.74, 6) is -0.619. The maximum atomic E-state index is 13.3. The summed E-state index contributed by atoms with van der Waals surface area (Å²) in [5, 5.41) is 11.6. The average Bonchev–Trinajstić information content (AvgIpc) is 3.23. The van der Waals surface area contributed by atoms with E-state index < -0.39 is 11.6 Å². The second kappa shape index (κ2) is 10.3. The summed E-state index contributed by atoms with van der Waals surface area (Å²) in [5.41, 5.74) is 0.311. The maximum absolute atomic E-state index is 13.3. The van der Waals surface area contributed by atoms with E-state index in [1.807, 2.05) is 54.7 Å². The molecule has 0 spiro atoms. The lowest BCUT2D eigenvalue weighted by Gasteiger charge is -2.36. The monoisotopic (exact) mass is 445 g/mol. The number of carbonyl (C=O) groups excluding carboxylic acids is 1. The fourth-order valence-corrected chi connectivity index (χ4v) is 4.94. The molecule has 1 unspecified atom stereocenters. The van der Waals surface area contributed by atoms with Gasteiger partial charge in [-0.25, -0.2) is 4.79 Å². The molecule has 0 bridgehead atoms. The minimum atomic E-state index is -1.83. The summed E-state index contributed by atoms with van der Waals surface area (Å²) >= 11 is 0. The van der Waals surface area contributed by atoms with E-state index >= 15 is 0 Å². The van der Waals surface area contributed by atoms with Crippen LogP contribution in [0.25, 0.3) is 0 Å². The zero-order chi connectivity index (χ0) is 23.2. The highest BCUT2D eigenvalue weighted by atomic mass is 16.6. The molecule has 2 aromatic carbocycles. The van der Waals surface area contributed by atoms with Crippen molar-refractivity contribution in [2.75, 3.05) is 26.7 Å². The molecule has 2 atom stereocenters. The van der Waals surface area contributed by atoms with Gasteiger partial charge in [-0.3, -0.25) is 4.98 Å². The van der Waals surface area contributed by atoms with Crippen LogP contribution in [-0.4, -0.2) is 53.3 Å². The van der Waals surface area contributed by atoms with Crippen LogP contribution in [0.15, 0.2) is 85.1 Å². The van der Waals surface area contributed by atoms with Gasteiger partial charge in [-0.1, -0.05) is 66.7 Å². The van der Waals surface area contributed by atoms with E-state index in [1.54, 1.807) is 24.3 Å². The number of likely N-dealkylation sites (N-methyl/N-ethyl adjacent to an activating group) is 1. The smallest absolute Gasteiger partial charge is 0.347 e. The highest BCUT2D eigenvalue weighted by Crippen LogP contribution is 2.32. The first-order chi connectivity index (χ1) is 16.0. The van der Waals surface area contributed by atoms with Crippen LogP contribution in [0.4, 0.5) is 0 Å². The normalized spacial score (nSPS) is 20.5. The summed E-state index contributed by atoms with van der Waals surface area (Å²) < 4.78 is 6.73. The molecule has 1 aliphatic rings. The van der Waals surface area contributed by atoms with Gasteiger partial charge in [0, 0.05) is 31.2 Å². The first kappa shape index (κ1) is 23.1. The van der Waals surface area contributed by atoms with E-state index in [1.165, 1.54) is 0 Å². The van der Waals surface area contributed by atoms with Gasteiger partial charge in [-0.2, -0.15) is 0 Å². The van der Waals surface area contributed by atoms with E-state index in [-0.39, 0.29) is 6.04 Å². The Balaban J connectivity index is 1.43. The Labute approximate surface area is 196 Å². The van der Waals surface area contributed by atoms with Gasteiger partial charge in [-0.05, 0) is 29.7 Å². The van der Waals surface area contributed by atoms with Crippen molar-refractivity contribution in [1.29, 1.82) is 0 Å². The fraction of sp³-hybridized carbons (Fsp3) is 0.357. The third-order valence-corrected chi connectivity index (χ3v) is 7.00. The number of quaternary nitrogens is 1. The molecule has 1 aromatic heterocycles. The van der Waals surface area contributed by atoms with E-state index in [0.29, 0.717) is 17.7 Å². The van der Waals surface area contributed by atoms with Crippen LogP contribution in [-0.2, 0) is 21.6 Å². The number of nitrogens with zero attached hydrogens (tertiary/aromatic N) is 2. The molecule has 1 saturated heterocycles. The van der Waals surface area contributed by atoms with E-state index in [9.17, 15) is 9.90 Å². The zero-order valence-corrected chi connectivity index (χ0v) is 19.3. The molecule has 2 heterocycles. The minimum absolute atomic E-state index is 0.230. The molecular weight excluding hydrogens is 412 g/mol. The van der Waals surface area contributed by atoms with Crippen molar-refractivity contribution in [1.82, 2.24) is 4.98 Å². The van der Waals surface area contributed by atoms with Gasteiger partial charge in [0.1, 0.15) is 12.6 Å². The predicted octanol–water partition coefficient (Wildman–Crippen LogP) is 4.10. The van der Waals surface area contributed by atoms with Crippen LogP contribution in [0.3, 0.4) is 0 Å². The third-order valence-electron chi connectivity index (χ3n) is 7.00. The molecule has 0 aliphatic carbocycles. The molecule has 5 heteroatoms. The molecule has 3 aromatic rings. The number of esters is 1. The van der Waals surface area contributed by atoms with Crippen LogP contribution in [0, 0.1) is 0 Å². The summed E-state index contributed by atoms with van der Waals surface area (Å²) in [6.07, 6.45) is 5.95. The first-order valence-corrected chi connectivity index (χ1v) is 11.8. The number of aryl methyl sites for hydroxylation is 1. The van der Waals surface area contributed by atoms with Crippen molar-refractivity contribution in [2.24, 2.45) is 0 Å². The molecule has 172 valence electrons. The molecule has 0 saturated carbocycles. The van der Waals surface area contributed by atoms with Gasteiger partial charge in [-0.15, -0.1) is 0 Å². The quantitative estimate of drug-likeness (QED) is 0.398. The highest BCUT2D eigenvalue weighted by molar-refractivity contribution is 5.85. The number of benzene rings is 2. The SMILES string of the molecule is C[N@+]1(CCCc2ccccn2)CCCC1COC(=O)C(O)(c1ccccc1)c1ccccc1. The maximum Gasteiger partial charge on any atom is 0.347 e. The summed E-state index contributed by atoms with van der Waals surface area (Å²) in [6, 6.07) is 24.3. The number of hydrogen-bond donors (Lipinski definition) is 1. The van der Waals surface area contributed by atoms with Crippen molar-refractivity contribution in [3.8, 4) is 0 Å². The van der Waals surface area contributed by atoms with Gasteiger partial charge in [0.2, 0.25) is 5.60 Å². The molecule has 1 fully saturated rings. The highest BCUT2D eigenvalue weighted by Gasteiger charge is 2.44. The Hall–Kier alpha value is -3.02. The van der Waals surface area contributed by atoms with Crippen LogP contribution in [0.1, 0.15) is 36.1 Å². The van der Waals surface area contributed by atoms with Gasteiger partial charge in [0.05, 0.1) is 20.1 Å². The first-order valence-electron chi connectivity index (χ1n) is 11.8. The molecule has 0 radical (unpaired) electrons. The molecule has 1 N–H and O–H groups in total. The Morgan fingerprint density at radius 3 is 2.27 bits per heavy atom. The molecule has 0 amide bonds. The van der Waals surface area contributed by atoms with Gasteiger partial charge in [0.25, 0.3) is 0 Å². The Bertz CT molecular complexity index is 987. The second-order valence-corrected chi connectivity index (χ2v) is 9.19. The molecule has 1 aliphatic heterocycles.